The van der Waals surface area contributed by atoms with Crippen LogP contribution in [0.2, 0.25) is 0 Å². The summed E-state index contributed by atoms with van der Waals surface area (Å²) in [6.45, 7) is 0.659. The smallest absolute Gasteiger partial charge is 0.225 e. The van der Waals surface area contributed by atoms with Crippen molar-refractivity contribution in [2.45, 2.75) is 6.54 Å². The van der Waals surface area contributed by atoms with E-state index in [2.05, 4.69) is 9.97 Å². The highest BCUT2D eigenvalue weighted by molar-refractivity contribution is 5.44. The van der Waals surface area contributed by atoms with Crippen LogP contribution in [-0.4, -0.2) is 38.3 Å². The maximum atomic E-state index is 5.30. The molecule has 0 atom stereocenters. The Labute approximate surface area is 124 Å². The molecule has 0 saturated carbocycles. The predicted octanol–water partition coefficient (Wildman–Crippen LogP) is 2.14. The van der Waals surface area contributed by atoms with Crippen LogP contribution in [-0.2, 0) is 6.54 Å². The lowest BCUT2D eigenvalue weighted by atomic mass is 10.2. The van der Waals surface area contributed by atoms with Crippen LogP contribution < -0.4 is 19.1 Å². The van der Waals surface area contributed by atoms with Gasteiger partial charge in [-0.05, 0) is 17.7 Å². The summed E-state index contributed by atoms with van der Waals surface area (Å²) in [6.07, 6.45) is 3.29. The molecule has 0 aliphatic rings. The Bertz CT molecular complexity index is 587. The molecule has 0 N–H and O–H groups in total. The van der Waals surface area contributed by atoms with E-state index in [-0.39, 0.29) is 0 Å². The molecule has 112 valence electrons. The minimum Gasteiger partial charge on any atom is -0.494 e. The average Bonchev–Trinajstić information content (AvgIpc) is 2.54. The largest absolute Gasteiger partial charge is 0.494 e. The first-order valence-electron chi connectivity index (χ1n) is 6.46. The maximum Gasteiger partial charge on any atom is 0.225 e. The Hall–Kier alpha value is -2.50. The minimum atomic E-state index is 0.630. The molecule has 6 heteroatoms. The molecule has 0 bridgehead atoms. The van der Waals surface area contributed by atoms with Gasteiger partial charge in [0.15, 0.2) is 17.2 Å². The van der Waals surface area contributed by atoms with Crippen molar-refractivity contribution < 1.29 is 14.2 Å². The maximum absolute atomic E-state index is 5.30. The topological polar surface area (TPSA) is 56.7 Å². The molecule has 0 aliphatic heterocycles. The van der Waals surface area contributed by atoms with Crippen molar-refractivity contribution in [1.82, 2.24) is 9.97 Å². The number of anilines is 1. The fourth-order valence-electron chi connectivity index (χ4n) is 1.94. The van der Waals surface area contributed by atoms with E-state index < -0.39 is 0 Å². The Morgan fingerprint density at radius 1 is 0.952 bits per heavy atom. The molecule has 1 aromatic heterocycles. The van der Waals surface area contributed by atoms with E-state index in [0.29, 0.717) is 29.7 Å². The van der Waals surface area contributed by atoms with Gasteiger partial charge in [-0.15, -0.1) is 0 Å². The van der Waals surface area contributed by atoms with Crippen LogP contribution in [0.1, 0.15) is 5.56 Å². The molecule has 0 spiro atoms. The average molecular weight is 289 g/mol. The summed E-state index contributed by atoms with van der Waals surface area (Å²) in [4.78, 5) is 10.5. The molecule has 2 rings (SSSR count). The number of methoxy groups -OCH3 is 3. The zero-order chi connectivity index (χ0) is 15.2. The van der Waals surface area contributed by atoms with Crippen LogP contribution in [0.25, 0.3) is 0 Å². The predicted molar refractivity (Wildman–Crippen MR) is 80.2 cm³/mol. The van der Waals surface area contributed by atoms with E-state index in [4.69, 9.17) is 14.2 Å². The number of nitrogens with zero attached hydrogens (tertiary/aromatic N) is 3. The van der Waals surface area contributed by atoms with Crippen molar-refractivity contribution in [3.63, 3.8) is 0 Å². The lowest BCUT2D eigenvalue weighted by molar-refractivity contribution is 0.354. The zero-order valence-electron chi connectivity index (χ0n) is 12.7. The molecule has 0 unspecified atom stereocenters. The van der Waals surface area contributed by atoms with Crippen LogP contribution in [0.3, 0.4) is 0 Å². The van der Waals surface area contributed by atoms with Crippen molar-refractivity contribution in [2.24, 2.45) is 0 Å². The normalized spacial score (nSPS) is 10.1. The van der Waals surface area contributed by atoms with E-state index in [9.17, 15) is 0 Å². The summed E-state index contributed by atoms with van der Waals surface area (Å²) in [5.74, 6) is 2.69. The molecule has 0 radical (unpaired) electrons. The Balaban J connectivity index is 2.12. The highest BCUT2D eigenvalue weighted by atomic mass is 16.5. The van der Waals surface area contributed by atoms with Gasteiger partial charge in [0.1, 0.15) is 0 Å². The molecule has 6 nitrogen and oxygen atoms in total. The summed E-state index contributed by atoms with van der Waals surface area (Å²) < 4.78 is 15.6. The Morgan fingerprint density at radius 3 is 2.19 bits per heavy atom. The van der Waals surface area contributed by atoms with Gasteiger partial charge >= 0.3 is 0 Å². The van der Waals surface area contributed by atoms with Crippen molar-refractivity contribution in [1.29, 1.82) is 0 Å². The number of benzene rings is 1. The summed E-state index contributed by atoms with van der Waals surface area (Å²) >= 11 is 0. The molecule has 2 aromatic rings. The number of ether oxygens (including phenoxy) is 3. The molecule has 0 amide bonds. The summed E-state index contributed by atoms with van der Waals surface area (Å²) in [6, 6.07) is 5.82. The van der Waals surface area contributed by atoms with Gasteiger partial charge in [-0.3, -0.25) is 0 Å². The quantitative estimate of drug-likeness (QED) is 0.812. The van der Waals surface area contributed by atoms with Crippen LogP contribution in [0, 0.1) is 0 Å². The highest BCUT2D eigenvalue weighted by Gasteiger charge is 2.09. The second-order valence-corrected chi connectivity index (χ2v) is 4.47. The molecule has 1 aromatic carbocycles. The molecule has 0 saturated heterocycles. The van der Waals surface area contributed by atoms with Gasteiger partial charge in [0, 0.05) is 13.6 Å². The van der Waals surface area contributed by atoms with Gasteiger partial charge in [0.2, 0.25) is 5.95 Å². The van der Waals surface area contributed by atoms with Crippen LogP contribution in [0.5, 0.6) is 17.2 Å². The van der Waals surface area contributed by atoms with E-state index in [1.807, 2.05) is 30.1 Å². The first kappa shape index (κ1) is 14.9. The molecule has 21 heavy (non-hydrogen) atoms. The first-order chi connectivity index (χ1) is 10.2. The fraction of sp³-hybridized carbons (Fsp3) is 0.333. The highest BCUT2D eigenvalue weighted by Crippen LogP contribution is 2.28. The first-order valence-corrected chi connectivity index (χ1v) is 6.46. The lowest BCUT2D eigenvalue weighted by Crippen LogP contribution is -2.19. The van der Waals surface area contributed by atoms with Gasteiger partial charge in [-0.1, -0.05) is 6.07 Å². The number of hydrogen-bond donors (Lipinski definition) is 0. The third kappa shape index (κ3) is 3.53. The number of hydrogen-bond acceptors (Lipinski definition) is 6. The van der Waals surface area contributed by atoms with E-state index in [1.54, 1.807) is 33.7 Å². The second-order valence-electron chi connectivity index (χ2n) is 4.47. The molecular weight excluding hydrogens is 270 g/mol. The third-order valence-electron chi connectivity index (χ3n) is 3.06. The standard InChI is InChI=1S/C15H19N3O3/c1-18(15-16-8-12(19-2)9-17-15)10-11-5-6-13(20-3)14(7-11)21-4/h5-9H,10H2,1-4H3. The van der Waals surface area contributed by atoms with Gasteiger partial charge in [-0.25, -0.2) is 9.97 Å². The van der Waals surface area contributed by atoms with Gasteiger partial charge in [-0.2, -0.15) is 0 Å². The monoisotopic (exact) mass is 289 g/mol. The number of aromatic nitrogens is 2. The fourth-order valence-corrected chi connectivity index (χ4v) is 1.94. The molecule has 0 aliphatic carbocycles. The SMILES string of the molecule is COc1cnc(N(C)Cc2ccc(OC)c(OC)c2)nc1. The lowest BCUT2D eigenvalue weighted by Gasteiger charge is -2.18. The van der Waals surface area contributed by atoms with Crippen molar-refractivity contribution in [3.05, 3.63) is 36.2 Å². The van der Waals surface area contributed by atoms with Crippen LogP contribution in [0.4, 0.5) is 5.95 Å². The molecular formula is C15H19N3O3. The van der Waals surface area contributed by atoms with E-state index in [0.717, 1.165) is 5.56 Å². The van der Waals surface area contributed by atoms with Crippen molar-refractivity contribution >= 4 is 5.95 Å². The Morgan fingerprint density at radius 2 is 1.62 bits per heavy atom. The zero-order valence-corrected chi connectivity index (χ0v) is 12.7. The van der Waals surface area contributed by atoms with Gasteiger partial charge in [0.25, 0.3) is 0 Å². The van der Waals surface area contributed by atoms with Crippen molar-refractivity contribution in [3.8, 4) is 17.2 Å². The molecule has 1 heterocycles. The second kappa shape index (κ2) is 6.78. The molecule has 0 fully saturated rings. The van der Waals surface area contributed by atoms with Gasteiger partial charge in [0.05, 0.1) is 33.7 Å². The minimum absolute atomic E-state index is 0.630. The Kier molecular flexibility index (Phi) is 4.81. The number of rotatable bonds is 6. The van der Waals surface area contributed by atoms with Crippen LogP contribution >= 0.6 is 0 Å². The van der Waals surface area contributed by atoms with Gasteiger partial charge < -0.3 is 19.1 Å². The van der Waals surface area contributed by atoms with E-state index >= 15 is 0 Å². The van der Waals surface area contributed by atoms with E-state index in [1.165, 1.54) is 0 Å². The summed E-state index contributed by atoms with van der Waals surface area (Å²) in [5.41, 5.74) is 1.08. The third-order valence-corrected chi connectivity index (χ3v) is 3.06. The van der Waals surface area contributed by atoms with Crippen LogP contribution in [0.15, 0.2) is 30.6 Å². The summed E-state index contributed by atoms with van der Waals surface area (Å²) in [5, 5.41) is 0. The summed E-state index contributed by atoms with van der Waals surface area (Å²) in [7, 11) is 6.76. The van der Waals surface area contributed by atoms with Crippen molar-refractivity contribution in [2.75, 3.05) is 33.3 Å².